The van der Waals surface area contributed by atoms with Gasteiger partial charge >= 0.3 is 0 Å². The molecule has 7 nitrogen and oxygen atoms in total. The lowest BCUT2D eigenvalue weighted by Crippen LogP contribution is -2.39. The third-order valence-corrected chi connectivity index (χ3v) is 4.97. The molecule has 1 aliphatic rings. The van der Waals surface area contributed by atoms with E-state index in [1.54, 1.807) is 0 Å². The highest BCUT2D eigenvalue weighted by Gasteiger charge is 2.30. The molecule has 2 heterocycles. The normalized spacial score (nSPS) is 19.5. The zero-order valence-corrected chi connectivity index (χ0v) is 11.8. The lowest BCUT2D eigenvalue weighted by atomic mass is 9.83. The molecule has 2 rings (SSSR count). The second kappa shape index (κ2) is 5.58. The topological polar surface area (TPSA) is 110 Å². The molecule has 1 aromatic heterocycles. The van der Waals surface area contributed by atoms with Gasteiger partial charge in [0.25, 0.3) is 10.0 Å². The summed E-state index contributed by atoms with van der Waals surface area (Å²) >= 11 is 0. The van der Waals surface area contributed by atoms with E-state index in [1.165, 1.54) is 6.20 Å². The molecule has 108 valence electrons. The van der Waals surface area contributed by atoms with Gasteiger partial charge in [0.1, 0.15) is 0 Å². The first-order chi connectivity index (χ1) is 8.97. The van der Waals surface area contributed by atoms with Gasteiger partial charge in [-0.15, -0.1) is 0 Å². The predicted molar refractivity (Wildman–Crippen MR) is 69.8 cm³/mol. The molecule has 8 heteroatoms. The number of hydrogen-bond donors (Lipinski definition) is 3. The average molecular weight is 288 g/mol. The predicted octanol–water partition coefficient (Wildman–Crippen LogP) is -0.0366. The molecule has 1 aliphatic heterocycles. The standard InChI is InChI=1S/C11H20N4O3S/c1-11(2-4-18-5-3-11)8-14-19(16,17)10-9(6-12)7-13-15-10/h7,14H,2-6,8,12H2,1H3,(H,13,15). The molecule has 0 amide bonds. The number of ether oxygens (including phenoxy) is 1. The summed E-state index contributed by atoms with van der Waals surface area (Å²) in [6, 6.07) is 0. The fourth-order valence-electron chi connectivity index (χ4n) is 2.06. The van der Waals surface area contributed by atoms with Gasteiger partial charge in [-0.3, -0.25) is 5.10 Å². The van der Waals surface area contributed by atoms with E-state index in [-0.39, 0.29) is 17.0 Å². The average Bonchev–Trinajstić information content (AvgIpc) is 2.87. The minimum atomic E-state index is -3.59. The Morgan fingerprint density at radius 1 is 1.53 bits per heavy atom. The second-order valence-corrected chi connectivity index (χ2v) is 6.88. The summed E-state index contributed by atoms with van der Waals surface area (Å²) in [4.78, 5) is 0. The number of H-pyrrole nitrogens is 1. The molecule has 0 atom stereocenters. The van der Waals surface area contributed by atoms with Crippen molar-refractivity contribution in [3.63, 3.8) is 0 Å². The number of aromatic nitrogens is 2. The van der Waals surface area contributed by atoms with E-state index in [1.807, 2.05) is 0 Å². The van der Waals surface area contributed by atoms with Crippen LogP contribution in [0.4, 0.5) is 0 Å². The summed E-state index contributed by atoms with van der Waals surface area (Å²) < 4.78 is 32.3. The van der Waals surface area contributed by atoms with Crippen molar-refractivity contribution in [3.8, 4) is 0 Å². The van der Waals surface area contributed by atoms with Gasteiger partial charge < -0.3 is 10.5 Å². The molecular weight excluding hydrogens is 268 g/mol. The Morgan fingerprint density at radius 3 is 2.84 bits per heavy atom. The van der Waals surface area contributed by atoms with Crippen molar-refractivity contribution in [2.24, 2.45) is 11.1 Å². The summed E-state index contributed by atoms with van der Waals surface area (Å²) in [5.41, 5.74) is 5.92. The van der Waals surface area contributed by atoms with Gasteiger partial charge in [0.15, 0.2) is 5.03 Å². The molecule has 0 aromatic carbocycles. The lowest BCUT2D eigenvalue weighted by molar-refractivity contribution is 0.0264. The maximum atomic E-state index is 12.2. The maximum Gasteiger partial charge on any atom is 0.257 e. The van der Waals surface area contributed by atoms with Crippen LogP contribution in [0, 0.1) is 5.41 Å². The first-order valence-corrected chi connectivity index (χ1v) is 7.75. The summed E-state index contributed by atoms with van der Waals surface area (Å²) in [5.74, 6) is 0. The van der Waals surface area contributed by atoms with Crippen LogP contribution in [0.3, 0.4) is 0 Å². The Hall–Kier alpha value is -0.960. The summed E-state index contributed by atoms with van der Waals surface area (Å²) in [6.07, 6.45) is 3.13. The van der Waals surface area contributed by atoms with Gasteiger partial charge in [0.05, 0.1) is 6.20 Å². The van der Waals surface area contributed by atoms with Gasteiger partial charge in [-0.05, 0) is 18.3 Å². The van der Waals surface area contributed by atoms with Crippen molar-refractivity contribution in [2.75, 3.05) is 19.8 Å². The Bertz CT molecular complexity index is 520. The van der Waals surface area contributed by atoms with E-state index in [0.29, 0.717) is 25.3 Å². The monoisotopic (exact) mass is 288 g/mol. The first kappa shape index (κ1) is 14.4. The molecular formula is C11H20N4O3S. The lowest BCUT2D eigenvalue weighted by Gasteiger charge is -2.33. The molecule has 1 aromatic rings. The van der Waals surface area contributed by atoms with Crippen molar-refractivity contribution >= 4 is 10.0 Å². The Balaban J connectivity index is 2.05. The molecule has 0 saturated carbocycles. The smallest absolute Gasteiger partial charge is 0.257 e. The van der Waals surface area contributed by atoms with Crippen molar-refractivity contribution in [2.45, 2.75) is 31.3 Å². The largest absolute Gasteiger partial charge is 0.381 e. The van der Waals surface area contributed by atoms with Gasteiger partial charge in [-0.2, -0.15) is 5.10 Å². The number of nitrogens with one attached hydrogen (secondary N) is 2. The number of nitrogens with two attached hydrogens (primary N) is 1. The molecule has 4 N–H and O–H groups in total. The van der Waals surface area contributed by atoms with Crippen molar-refractivity contribution in [3.05, 3.63) is 11.8 Å². The van der Waals surface area contributed by atoms with Crippen LogP contribution >= 0.6 is 0 Å². The summed E-state index contributed by atoms with van der Waals surface area (Å²) in [7, 11) is -3.59. The molecule has 0 bridgehead atoms. The molecule has 0 radical (unpaired) electrons. The van der Waals surface area contributed by atoms with Crippen LogP contribution in [0.2, 0.25) is 0 Å². The van der Waals surface area contributed by atoms with E-state index in [2.05, 4.69) is 21.8 Å². The van der Waals surface area contributed by atoms with E-state index < -0.39 is 10.0 Å². The summed E-state index contributed by atoms with van der Waals surface area (Å²) in [5, 5.41) is 6.28. The second-order valence-electron chi connectivity index (χ2n) is 5.18. The van der Waals surface area contributed by atoms with Crippen LogP contribution in [0.5, 0.6) is 0 Å². The van der Waals surface area contributed by atoms with Crippen molar-refractivity contribution in [1.82, 2.24) is 14.9 Å². The number of aromatic amines is 1. The van der Waals surface area contributed by atoms with Gasteiger partial charge in [-0.25, -0.2) is 13.1 Å². The van der Waals surface area contributed by atoms with Crippen molar-refractivity contribution < 1.29 is 13.2 Å². The van der Waals surface area contributed by atoms with Crippen LogP contribution in [0.25, 0.3) is 0 Å². The zero-order chi connectivity index (χ0) is 13.9. The molecule has 1 fully saturated rings. The first-order valence-electron chi connectivity index (χ1n) is 6.27. The van der Waals surface area contributed by atoms with Gasteiger partial charge in [0.2, 0.25) is 0 Å². The molecule has 0 unspecified atom stereocenters. The van der Waals surface area contributed by atoms with Gasteiger partial charge in [0, 0.05) is 31.9 Å². The highest BCUT2D eigenvalue weighted by atomic mass is 32.2. The van der Waals surface area contributed by atoms with Crippen LogP contribution < -0.4 is 10.5 Å². The molecule has 1 saturated heterocycles. The van der Waals surface area contributed by atoms with E-state index in [4.69, 9.17) is 10.5 Å². The third kappa shape index (κ3) is 3.33. The Morgan fingerprint density at radius 2 is 2.21 bits per heavy atom. The molecule has 0 aliphatic carbocycles. The fourth-order valence-corrected chi connectivity index (χ4v) is 3.40. The van der Waals surface area contributed by atoms with Crippen LogP contribution in [0.15, 0.2) is 11.2 Å². The molecule has 0 spiro atoms. The number of nitrogens with zero attached hydrogens (tertiary/aromatic N) is 1. The van der Waals surface area contributed by atoms with Gasteiger partial charge in [-0.1, -0.05) is 6.92 Å². The van der Waals surface area contributed by atoms with Crippen molar-refractivity contribution in [1.29, 1.82) is 0 Å². The number of hydrogen-bond acceptors (Lipinski definition) is 5. The number of rotatable bonds is 5. The maximum absolute atomic E-state index is 12.2. The summed E-state index contributed by atoms with van der Waals surface area (Å²) in [6.45, 7) is 3.95. The quantitative estimate of drug-likeness (QED) is 0.704. The highest BCUT2D eigenvalue weighted by Crippen LogP contribution is 2.29. The van der Waals surface area contributed by atoms with Crippen LogP contribution in [-0.4, -0.2) is 38.4 Å². The van der Waals surface area contributed by atoms with E-state index in [0.717, 1.165) is 12.8 Å². The SMILES string of the molecule is CC1(CNS(=O)(=O)c2[nH]ncc2CN)CCOCC1. The van der Waals surface area contributed by atoms with Crippen LogP contribution in [-0.2, 0) is 21.3 Å². The fraction of sp³-hybridized carbons (Fsp3) is 0.727. The third-order valence-electron chi connectivity index (χ3n) is 3.56. The minimum Gasteiger partial charge on any atom is -0.381 e. The minimum absolute atomic E-state index is 0.0608. The van der Waals surface area contributed by atoms with Crippen LogP contribution in [0.1, 0.15) is 25.3 Å². The molecule has 19 heavy (non-hydrogen) atoms. The van der Waals surface area contributed by atoms with E-state index >= 15 is 0 Å². The Labute approximate surface area is 113 Å². The Kier molecular flexibility index (Phi) is 4.24. The zero-order valence-electron chi connectivity index (χ0n) is 11.0. The number of sulfonamides is 1. The highest BCUT2D eigenvalue weighted by molar-refractivity contribution is 7.89. The van der Waals surface area contributed by atoms with E-state index in [9.17, 15) is 8.42 Å².